The predicted molar refractivity (Wildman–Crippen MR) is 132 cm³/mol. The summed E-state index contributed by atoms with van der Waals surface area (Å²) in [7, 11) is -2.26. The summed E-state index contributed by atoms with van der Waals surface area (Å²) in [4.78, 5) is 4.77. The molecule has 8 heteroatoms. The standard InChI is InChI=1S/C25H32ClN3O3S/c1-15(2)19-12-21(16(3)4)24(22(13-19)17(5)6)33(30,31)29(7)14-23-27-25(28-32-23)18-8-10-20(26)11-9-18/h8-13,15-17H,14H2,1-7H3. The zero-order valence-corrected chi connectivity index (χ0v) is 21.8. The molecular weight excluding hydrogens is 458 g/mol. The number of benzene rings is 2. The van der Waals surface area contributed by atoms with Gasteiger partial charge in [-0.15, -0.1) is 0 Å². The van der Waals surface area contributed by atoms with Crippen molar-refractivity contribution in [2.24, 2.45) is 0 Å². The van der Waals surface area contributed by atoms with Crippen molar-refractivity contribution < 1.29 is 12.9 Å². The van der Waals surface area contributed by atoms with Gasteiger partial charge in [0, 0.05) is 17.6 Å². The fourth-order valence-electron chi connectivity index (χ4n) is 3.65. The third-order valence-electron chi connectivity index (χ3n) is 5.68. The molecule has 3 rings (SSSR count). The van der Waals surface area contributed by atoms with Gasteiger partial charge < -0.3 is 4.52 Å². The molecule has 178 valence electrons. The van der Waals surface area contributed by atoms with Crippen LogP contribution in [0, 0.1) is 0 Å². The van der Waals surface area contributed by atoms with Gasteiger partial charge in [0.25, 0.3) is 0 Å². The minimum atomic E-state index is -3.80. The summed E-state index contributed by atoms with van der Waals surface area (Å²) in [6, 6.07) is 11.1. The van der Waals surface area contributed by atoms with Gasteiger partial charge in [0.05, 0.1) is 11.4 Å². The van der Waals surface area contributed by atoms with Crippen molar-refractivity contribution in [2.45, 2.75) is 70.7 Å². The second kappa shape index (κ2) is 9.95. The van der Waals surface area contributed by atoms with E-state index in [1.165, 1.54) is 4.31 Å². The lowest BCUT2D eigenvalue weighted by Crippen LogP contribution is -2.29. The van der Waals surface area contributed by atoms with Crippen LogP contribution in [0.3, 0.4) is 0 Å². The van der Waals surface area contributed by atoms with Crippen molar-refractivity contribution in [3.05, 3.63) is 64.0 Å². The van der Waals surface area contributed by atoms with Gasteiger partial charge in [-0.1, -0.05) is 70.4 Å². The summed E-state index contributed by atoms with van der Waals surface area (Å²) in [5.41, 5.74) is 3.56. The Morgan fingerprint density at radius 1 is 0.939 bits per heavy atom. The van der Waals surface area contributed by atoms with Gasteiger partial charge in [-0.25, -0.2) is 8.42 Å². The van der Waals surface area contributed by atoms with Crippen molar-refractivity contribution >= 4 is 21.6 Å². The Kier molecular flexibility index (Phi) is 7.66. The molecule has 0 aliphatic heterocycles. The third kappa shape index (κ3) is 5.48. The lowest BCUT2D eigenvalue weighted by Gasteiger charge is -2.25. The first-order chi connectivity index (χ1) is 15.4. The molecule has 0 atom stereocenters. The molecule has 33 heavy (non-hydrogen) atoms. The van der Waals surface area contributed by atoms with E-state index in [-0.39, 0.29) is 24.3 Å². The van der Waals surface area contributed by atoms with Crippen molar-refractivity contribution in [1.82, 2.24) is 14.4 Å². The third-order valence-corrected chi connectivity index (χ3v) is 7.87. The molecule has 2 aromatic carbocycles. The van der Waals surface area contributed by atoms with Crippen LogP contribution in [0.1, 0.15) is 81.9 Å². The summed E-state index contributed by atoms with van der Waals surface area (Å²) in [6.07, 6.45) is 0. The first-order valence-electron chi connectivity index (χ1n) is 11.1. The number of nitrogens with zero attached hydrogens (tertiary/aromatic N) is 3. The summed E-state index contributed by atoms with van der Waals surface area (Å²) in [6.45, 7) is 12.3. The van der Waals surface area contributed by atoms with Crippen molar-refractivity contribution in [3.63, 3.8) is 0 Å². The molecule has 0 aliphatic carbocycles. The largest absolute Gasteiger partial charge is 0.338 e. The number of halogens is 1. The fraction of sp³-hybridized carbons (Fsp3) is 0.440. The van der Waals surface area contributed by atoms with Crippen molar-refractivity contribution in [1.29, 1.82) is 0 Å². The first kappa shape index (κ1) is 25.4. The topological polar surface area (TPSA) is 76.3 Å². The average molecular weight is 490 g/mol. The Balaban J connectivity index is 1.99. The minimum absolute atomic E-state index is 0.0239. The zero-order chi connectivity index (χ0) is 24.5. The number of rotatable bonds is 8. The molecule has 0 fully saturated rings. The molecule has 0 radical (unpaired) electrons. The maximum Gasteiger partial charge on any atom is 0.243 e. The van der Waals surface area contributed by atoms with E-state index in [0.29, 0.717) is 21.7 Å². The smallest absolute Gasteiger partial charge is 0.243 e. The van der Waals surface area contributed by atoms with Crippen molar-refractivity contribution in [3.8, 4) is 11.4 Å². The summed E-state index contributed by atoms with van der Waals surface area (Å²) < 4.78 is 34.3. The van der Waals surface area contributed by atoms with Crippen LogP contribution in [0.2, 0.25) is 5.02 Å². The molecule has 0 spiro atoms. The van der Waals surface area contributed by atoms with E-state index in [2.05, 4.69) is 24.0 Å². The maximum atomic E-state index is 13.8. The van der Waals surface area contributed by atoms with Gasteiger partial charge in [0.1, 0.15) is 0 Å². The summed E-state index contributed by atoms with van der Waals surface area (Å²) in [5, 5.41) is 4.61. The number of aromatic nitrogens is 2. The summed E-state index contributed by atoms with van der Waals surface area (Å²) in [5.74, 6) is 1.03. The minimum Gasteiger partial charge on any atom is -0.338 e. The highest BCUT2D eigenvalue weighted by molar-refractivity contribution is 7.89. The van der Waals surface area contributed by atoms with Crippen molar-refractivity contribution in [2.75, 3.05) is 7.05 Å². The molecule has 6 nitrogen and oxygen atoms in total. The number of hydrogen-bond acceptors (Lipinski definition) is 5. The van der Waals surface area contributed by atoms with Crippen LogP contribution in [-0.2, 0) is 16.6 Å². The van der Waals surface area contributed by atoms with Crippen LogP contribution < -0.4 is 0 Å². The Morgan fingerprint density at radius 3 is 1.97 bits per heavy atom. The van der Waals surface area contributed by atoms with E-state index in [9.17, 15) is 8.42 Å². The molecule has 1 aromatic heterocycles. The molecule has 0 saturated carbocycles. The Bertz CT molecular complexity index is 1190. The molecule has 0 aliphatic rings. The zero-order valence-electron chi connectivity index (χ0n) is 20.3. The molecule has 3 aromatic rings. The maximum absolute atomic E-state index is 13.8. The molecule has 1 heterocycles. The van der Waals surface area contributed by atoms with Gasteiger partial charge in [0.2, 0.25) is 21.7 Å². The molecule has 0 N–H and O–H groups in total. The van der Waals surface area contributed by atoms with Crippen LogP contribution >= 0.6 is 11.6 Å². The highest BCUT2D eigenvalue weighted by Gasteiger charge is 2.31. The van der Waals surface area contributed by atoms with E-state index < -0.39 is 10.0 Å². The van der Waals surface area contributed by atoms with E-state index in [1.807, 2.05) is 39.8 Å². The highest BCUT2D eigenvalue weighted by Crippen LogP contribution is 2.36. The van der Waals surface area contributed by atoms with E-state index in [4.69, 9.17) is 16.1 Å². The monoisotopic (exact) mass is 489 g/mol. The van der Waals surface area contributed by atoms with Crippen LogP contribution in [0.4, 0.5) is 0 Å². The lowest BCUT2D eigenvalue weighted by molar-refractivity contribution is 0.336. The van der Waals surface area contributed by atoms with Gasteiger partial charge in [-0.3, -0.25) is 0 Å². The molecule has 0 bridgehead atoms. The average Bonchev–Trinajstić information content (AvgIpc) is 3.21. The Morgan fingerprint density at radius 2 is 1.48 bits per heavy atom. The van der Waals surface area contributed by atoms with Crippen LogP contribution in [-0.4, -0.2) is 29.9 Å². The SMILES string of the molecule is CC(C)c1cc(C(C)C)c(S(=O)(=O)N(C)Cc2nc(-c3ccc(Cl)cc3)no2)c(C(C)C)c1. The van der Waals surface area contributed by atoms with E-state index in [1.54, 1.807) is 31.3 Å². The second-order valence-corrected chi connectivity index (χ2v) is 11.7. The van der Waals surface area contributed by atoms with Gasteiger partial charge in [0.15, 0.2) is 0 Å². The van der Waals surface area contributed by atoms with Gasteiger partial charge in [-0.05, 0) is 58.7 Å². The molecular formula is C25H32ClN3O3S. The van der Waals surface area contributed by atoms with Crippen LogP contribution in [0.15, 0.2) is 45.8 Å². The summed E-state index contributed by atoms with van der Waals surface area (Å²) >= 11 is 5.94. The van der Waals surface area contributed by atoms with E-state index >= 15 is 0 Å². The highest BCUT2D eigenvalue weighted by atomic mass is 35.5. The lowest BCUT2D eigenvalue weighted by atomic mass is 9.89. The van der Waals surface area contributed by atoms with E-state index in [0.717, 1.165) is 22.3 Å². The molecule has 0 saturated heterocycles. The normalized spacial score (nSPS) is 12.5. The second-order valence-electron chi connectivity index (χ2n) is 9.27. The molecule has 0 unspecified atom stereocenters. The Hall–Kier alpha value is -2.22. The quantitative estimate of drug-likeness (QED) is 0.357. The van der Waals surface area contributed by atoms with Gasteiger partial charge >= 0.3 is 0 Å². The Labute approximate surface area is 202 Å². The predicted octanol–water partition coefficient (Wildman–Crippen LogP) is 6.58. The number of hydrogen-bond donors (Lipinski definition) is 0. The fourth-order valence-corrected chi connectivity index (χ4v) is 5.56. The first-order valence-corrected chi connectivity index (χ1v) is 13.0. The number of sulfonamides is 1. The van der Waals surface area contributed by atoms with Gasteiger partial charge in [-0.2, -0.15) is 9.29 Å². The molecule has 0 amide bonds. The van der Waals surface area contributed by atoms with Crippen LogP contribution in [0.5, 0.6) is 0 Å². The van der Waals surface area contributed by atoms with Crippen LogP contribution in [0.25, 0.3) is 11.4 Å².